The molecule has 0 unspecified atom stereocenters. The van der Waals surface area contributed by atoms with Crippen LogP contribution in [0.2, 0.25) is 0 Å². The van der Waals surface area contributed by atoms with Crippen molar-refractivity contribution in [1.82, 2.24) is 38.3 Å². The third kappa shape index (κ3) is 9.66. The van der Waals surface area contributed by atoms with Crippen molar-refractivity contribution in [1.29, 1.82) is 0 Å². The molecule has 0 aliphatic heterocycles. The van der Waals surface area contributed by atoms with Gasteiger partial charge in [0.15, 0.2) is 17.5 Å². The lowest BCUT2D eigenvalue weighted by Gasteiger charge is -2.11. The summed E-state index contributed by atoms with van der Waals surface area (Å²) in [6, 6.07) is 120. The number of hydrogen-bond acceptors (Lipinski definition) is 6. The number of para-hydroxylation sites is 3. The number of furan rings is 1. The maximum Gasteiger partial charge on any atom is 0.164 e. The highest BCUT2D eigenvalue weighted by atomic mass is 16.3. The molecule has 0 bridgehead atoms. The van der Waals surface area contributed by atoms with E-state index in [0.717, 1.165) is 111 Å². The fourth-order valence-corrected chi connectivity index (χ4v) is 15.8. The maximum absolute atomic E-state index is 6.11. The number of imidazole rings is 2. The lowest BCUT2D eigenvalue weighted by molar-refractivity contribution is 0.669. The Kier molecular flexibility index (Phi) is 13.4. The van der Waals surface area contributed by atoms with E-state index in [-0.39, 0.29) is 0 Å². The number of benzene rings is 15. The summed E-state index contributed by atoms with van der Waals surface area (Å²) in [5.74, 6) is 1.96. The molecule has 0 amide bonds. The molecular weight excluding hydrogens is 1270 g/mol. The van der Waals surface area contributed by atoms with Gasteiger partial charge in [-0.1, -0.05) is 261 Å². The normalized spacial score (nSPS) is 11.8. The van der Waals surface area contributed by atoms with Crippen LogP contribution in [-0.2, 0) is 0 Å². The molecule has 0 saturated carbocycles. The molecule has 7 heterocycles. The molecule has 0 radical (unpaired) electrons. The average Bonchev–Trinajstić information content (AvgIpc) is 1.74. The maximum atomic E-state index is 6.11. The summed E-state index contributed by atoms with van der Waals surface area (Å²) in [5, 5.41) is 14.3. The van der Waals surface area contributed by atoms with Gasteiger partial charge in [-0.25, -0.2) is 24.9 Å². The van der Waals surface area contributed by atoms with E-state index in [1.807, 2.05) is 78.9 Å². The Morgan fingerprint density at radius 1 is 0.212 bits per heavy atom. The molecule has 0 spiro atoms. The first-order valence-corrected chi connectivity index (χ1v) is 35.1. The van der Waals surface area contributed by atoms with E-state index in [0.29, 0.717) is 17.5 Å². The van der Waals surface area contributed by atoms with Gasteiger partial charge in [0, 0.05) is 77.9 Å². The standard InChI is InChI=1S/C55H33N3O.C40H25N5/c1-2-13-45-41(9-1)47-31-37(36-19-17-34(18-20-36)35-21-25-40(26-22-35)58-49-14-6-3-10-42(49)43-11-4-7-15-50(43)58)23-27-46(47)55-54(45)56-53-33-39(29-30-57(53)55)38-24-28-52-48(32-38)44-12-5-8-16-51(44)59-52;1-3-11-27(12-4-1)38-42-39(28-13-5-2-6-14-28)44-40(43-38)29-20-18-26(19-21-29)30-22-23-32-34(25-30)31-15-7-8-16-33(31)37-36(32)41-35-17-9-10-24-45(35)37/h1-33H;1-25H. The Morgan fingerprint density at radius 2 is 0.596 bits per heavy atom. The monoisotopic (exact) mass is 1330 g/mol. The van der Waals surface area contributed by atoms with Gasteiger partial charge in [-0.05, 0) is 145 Å². The molecule has 9 heteroatoms. The summed E-state index contributed by atoms with van der Waals surface area (Å²) in [4.78, 5) is 24.9. The molecule has 104 heavy (non-hydrogen) atoms. The van der Waals surface area contributed by atoms with E-state index in [1.165, 1.54) is 76.4 Å². The largest absolute Gasteiger partial charge is 0.456 e. The number of pyridine rings is 2. The molecule has 484 valence electrons. The minimum absolute atomic E-state index is 0.646. The fraction of sp³-hybridized carbons (Fsp3) is 0. The fourth-order valence-electron chi connectivity index (χ4n) is 15.8. The van der Waals surface area contributed by atoms with Crippen LogP contribution in [0.4, 0.5) is 0 Å². The van der Waals surface area contributed by atoms with Crippen LogP contribution >= 0.6 is 0 Å². The molecule has 0 fully saturated rings. The van der Waals surface area contributed by atoms with Crippen LogP contribution in [0.3, 0.4) is 0 Å². The van der Waals surface area contributed by atoms with Gasteiger partial charge in [-0.3, -0.25) is 8.80 Å². The lowest BCUT2D eigenvalue weighted by atomic mass is 9.95. The first-order valence-electron chi connectivity index (χ1n) is 35.1. The van der Waals surface area contributed by atoms with E-state index < -0.39 is 0 Å². The summed E-state index contributed by atoms with van der Waals surface area (Å²) in [6.45, 7) is 0. The van der Waals surface area contributed by atoms with E-state index in [1.54, 1.807) is 0 Å². The van der Waals surface area contributed by atoms with Crippen molar-refractivity contribution in [3.8, 4) is 84.4 Å². The molecule has 0 aliphatic rings. The summed E-state index contributed by atoms with van der Waals surface area (Å²) in [5.41, 5.74) is 23.8. The molecule has 22 rings (SSSR count). The number of hydrogen-bond donors (Lipinski definition) is 0. The van der Waals surface area contributed by atoms with Gasteiger partial charge in [-0.2, -0.15) is 0 Å². The van der Waals surface area contributed by atoms with E-state index >= 15 is 0 Å². The van der Waals surface area contributed by atoms with Crippen molar-refractivity contribution in [3.05, 3.63) is 352 Å². The quantitative estimate of drug-likeness (QED) is 0.141. The Morgan fingerprint density at radius 3 is 1.22 bits per heavy atom. The van der Waals surface area contributed by atoms with Crippen molar-refractivity contribution in [2.75, 3.05) is 0 Å². The minimum Gasteiger partial charge on any atom is -0.456 e. The molecule has 22 aromatic rings. The zero-order valence-corrected chi connectivity index (χ0v) is 56.0. The molecule has 0 aliphatic carbocycles. The highest BCUT2D eigenvalue weighted by molar-refractivity contribution is 6.26. The summed E-state index contributed by atoms with van der Waals surface area (Å²) >= 11 is 0. The SMILES string of the molecule is c1ccc(-c2nc(-c3ccccc3)nc(-c3ccc(-c4ccc5c(c4)c4ccccc4c4c5nc5ccccn54)cc3)n2)cc1.c1ccc2c(c1)oc1ccc(-c3ccn4c(c3)nc3c5ccccc5c5cc(-c6ccc(-c7ccc(-n8c9ccccc9c9ccccc98)cc7)cc6)ccc5c34)cc12. The van der Waals surface area contributed by atoms with Crippen LogP contribution in [0, 0.1) is 0 Å². The number of aromatic nitrogens is 8. The van der Waals surface area contributed by atoms with Crippen molar-refractivity contribution >= 4 is 120 Å². The van der Waals surface area contributed by atoms with Gasteiger partial charge >= 0.3 is 0 Å². The van der Waals surface area contributed by atoms with Crippen LogP contribution in [0.25, 0.3) is 205 Å². The Balaban J connectivity index is 0.000000140. The first-order chi connectivity index (χ1) is 51.5. The molecule has 0 atom stereocenters. The van der Waals surface area contributed by atoms with Crippen LogP contribution in [0.5, 0.6) is 0 Å². The second kappa shape index (κ2) is 23.8. The van der Waals surface area contributed by atoms with Gasteiger partial charge in [0.05, 0.1) is 33.1 Å². The van der Waals surface area contributed by atoms with Gasteiger partial charge in [0.1, 0.15) is 22.5 Å². The zero-order valence-electron chi connectivity index (χ0n) is 56.0. The first kappa shape index (κ1) is 58.8. The van der Waals surface area contributed by atoms with Crippen LogP contribution in [0.1, 0.15) is 0 Å². The van der Waals surface area contributed by atoms with Crippen molar-refractivity contribution in [2.45, 2.75) is 0 Å². The Labute approximate surface area is 595 Å². The number of fused-ring (bicyclic) bond motifs is 22. The molecule has 15 aromatic carbocycles. The molecule has 0 saturated heterocycles. The van der Waals surface area contributed by atoms with E-state index in [9.17, 15) is 0 Å². The predicted molar refractivity (Wildman–Crippen MR) is 428 cm³/mol. The predicted octanol–water partition coefficient (Wildman–Crippen LogP) is 24.4. The van der Waals surface area contributed by atoms with Crippen molar-refractivity contribution in [2.24, 2.45) is 0 Å². The second-order valence-corrected chi connectivity index (χ2v) is 26.7. The van der Waals surface area contributed by atoms with Crippen molar-refractivity contribution in [3.63, 3.8) is 0 Å². The molecule has 9 nitrogen and oxygen atoms in total. The van der Waals surface area contributed by atoms with Crippen LogP contribution < -0.4 is 0 Å². The molecular formula is C95H58N8O. The number of rotatable bonds is 8. The molecule has 7 aromatic heterocycles. The van der Waals surface area contributed by atoms with Gasteiger partial charge in [0.25, 0.3) is 0 Å². The van der Waals surface area contributed by atoms with E-state index in [4.69, 9.17) is 29.3 Å². The molecule has 0 N–H and O–H groups in total. The highest BCUT2D eigenvalue weighted by Crippen LogP contribution is 2.42. The third-order valence-electron chi connectivity index (χ3n) is 20.8. The van der Waals surface area contributed by atoms with E-state index in [2.05, 4.69) is 287 Å². The van der Waals surface area contributed by atoms with Gasteiger partial charge in [0.2, 0.25) is 0 Å². The number of nitrogens with zero attached hydrogens (tertiary/aromatic N) is 8. The smallest absolute Gasteiger partial charge is 0.164 e. The van der Waals surface area contributed by atoms with Crippen molar-refractivity contribution < 1.29 is 4.42 Å². The van der Waals surface area contributed by atoms with Gasteiger partial charge < -0.3 is 8.98 Å². The Bertz CT molecular complexity index is 7090. The zero-order chi connectivity index (χ0) is 68.3. The highest BCUT2D eigenvalue weighted by Gasteiger charge is 2.21. The topological polar surface area (TPSA) is 91.3 Å². The average molecular weight is 1330 g/mol. The van der Waals surface area contributed by atoms with Gasteiger partial charge in [-0.15, -0.1) is 0 Å². The van der Waals surface area contributed by atoms with Crippen LogP contribution in [-0.4, -0.2) is 38.3 Å². The van der Waals surface area contributed by atoms with Crippen LogP contribution in [0.15, 0.2) is 357 Å². The lowest BCUT2D eigenvalue weighted by Crippen LogP contribution is -2.00. The second-order valence-electron chi connectivity index (χ2n) is 26.7. The minimum atomic E-state index is 0.646. The Hall–Kier alpha value is -14.2. The summed E-state index contributed by atoms with van der Waals surface area (Å²) in [7, 11) is 0. The summed E-state index contributed by atoms with van der Waals surface area (Å²) in [6.07, 6.45) is 4.27. The summed E-state index contributed by atoms with van der Waals surface area (Å²) < 4.78 is 12.9. The third-order valence-corrected chi connectivity index (χ3v) is 20.8.